The minimum absolute atomic E-state index is 0.0290. The molecule has 1 rings (SSSR count). The van der Waals surface area contributed by atoms with Gasteiger partial charge in [-0.1, -0.05) is 0 Å². The molecule has 0 saturated heterocycles. The SMILES string of the molecule is CC(N)c1csc(CC#N)n1. The average Bonchev–Trinajstić information content (AvgIpc) is 2.37. The number of rotatable bonds is 2. The molecule has 0 radical (unpaired) electrons. The lowest BCUT2D eigenvalue weighted by Gasteiger charge is -1.96. The van der Waals surface area contributed by atoms with E-state index in [0.717, 1.165) is 10.7 Å². The first-order valence-corrected chi connectivity index (χ1v) is 4.19. The van der Waals surface area contributed by atoms with Crippen LogP contribution >= 0.6 is 11.3 Å². The molecule has 11 heavy (non-hydrogen) atoms. The Hall–Kier alpha value is -0.920. The van der Waals surface area contributed by atoms with E-state index in [2.05, 4.69) is 4.98 Å². The van der Waals surface area contributed by atoms with Gasteiger partial charge >= 0.3 is 0 Å². The van der Waals surface area contributed by atoms with Gasteiger partial charge in [0.25, 0.3) is 0 Å². The number of nitrogens with zero attached hydrogens (tertiary/aromatic N) is 2. The number of hydrogen-bond acceptors (Lipinski definition) is 4. The first kappa shape index (κ1) is 8.18. The summed E-state index contributed by atoms with van der Waals surface area (Å²) in [5.41, 5.74) is 6.46. The second-order valence-corrected chi connectivity index (χ2v) is 3.23. The highest BCUT2D eigenvalue weighted by Crippen LogP contribution is 2.14. The van der Waals surface area contributed by atoms with E-state index in [1.807, 2.05) is 18.4 Å². The van der Waals surface area contributed by atoms with E-state index in [1.165, 1.54) is 11.3 Å². The predicted molar refractivity (Wildman–Crippen MR) is 44.0 cm³/mol. The zero-order chi connectivity index (χ0) is 8.27. The topological polar surface area (TPSA) is 62.7 Å². The van der Waals surface area contributed by atoms with Gasteiger partial charge in [0.1, 0.15) is 5.01 Å². The van der Waals surface area contributed by atoms with Crippen molar-refractivity contribution in [2.24, 2.45) is 5.73 Å². The normalized spacial score (nSPS) is 12.5. The van der Waals surface area contributed by atoms with Crippen molar-refractivity contribution in [1.82, 2.24) is 4.98 Å². The zero-order valence-electron chi connectivity index (χ0n) is 6.24. The highest BCUT2D eigenvalue weighted by molar-refractivity contribution is 7.09. The molecule has 0 aliphatic heterocycles. The fourth-order valence-corrected chi connectivity index (χ4v) is 1.51. The Balaban J connectivity index is 2.75. The average molecular weight is 167 g/mol. The van der Waals surface area contributed by atoms with Gasteiger partial charge in [-0.3, -0.25) is 0 Å². The van der Waals surface area contributed by atoms with Gasteiger partial charge in [-0.15, -0.1) is 11.3 Å². The molecule has 1 atom stereocenters. The fourth-order valence-electron chi connectivity index (χ4n) is 0.683. The van der Waals surface area contributed by atoms with E-state index in [1.54, 1.807) is 0 Å². The monoisotopic (exact) mass is 167 g/mol. The lowest BCUT2D eigenvalue weighted by molar-refractivity contribution is 0.784. The van der Waals surface area contributed by atoms with Crippen LogP contribution in [-0.2, 0) is 6.42 Å². The molecule has 3 nitrogen and oxygen atoms in total. The Labute approximate surface area is 69.5 Å². The smallest absolute Gasteiger partial charge is 0.107 e. The van der Waals surface area contributed by atoms with Crippen LogP contribution in [0.1, 0.15) is 23.7 Å². The summed E-state index contributed by atoms with van der Waals surface area (Å²) in [7, 11) is 0. The summed E-state index contributed by atoms with van der Waals surface area (Å²) in [4.78, 5) is 4.17. The zero-order valence-corrected chi connectivity index (χ0v) is 7.06. The van der Waals surface area contributed by atoms with Crippen molar-refractivity contribution in [2.45, 2.75) is 19.4 Å². The minimum Gasteiger partial charge on any atom is -0.323 e. The van der Waals surface area contributed by atoms with E-state index in [-0.39, 0.29) is 6.04 Å². The molecule has 0 spiro atoms. The highest BCUT2D eigenvalue weighted by atomic mass is 32.1. The first-order valence-electron chi connectivity index (χ1n) is 3.31. The quantitative estimate of drug-likeness (QED) is 0.720. The van der Waals surface area contributed by atoms with Gasteiger partial charge in [0, 0.05) is 11.4 Å². The first-order chi connectivity index (χ1) is 5.24. The van der Waals surface area contributed by atoms with Crippen molar-refractivity contribution in [1.29, 1.82) is 5.26 Å². The van der Waals surface area contributed by atoms with Crippen LogP contribution in [0.25, 0.3) is 0 Å². The van der Waals surface area contributed by atoms with Gasteiger partial charge in [-0.25, -0.2) is 4.98 Å². The van der Waals surface area contributed by atoms with Crippen LogP contribution in [0, 0.1) is 11.3 Å². The Morgan fingerprint density at radius 3 is 3.09 bits per heavy atom. The maximum absolute atomic E-state index is 8.35. The van der Waals surface area contributed by atoms with Crippen LogP contribution in [0.3, 0.4) is 0 Å². The molecular weight excluding hydrogens is 158 g/mol. The summed E-state index contributed by atoms with van der Waals surface area (Å²) >= 11 is 1.49. The number of thiazole rings is 1. The molecule has 2 N–H and O–H groups in total. The molecule has 0 saturated carbocycles. The van der Waals surface area contributed by atoms with Gasteiger partial charge in [0.15, 0.2) is 0 Å². The maximum Gasteiger partial charge on any atom is 0.107 e. The second-order valence-electron chi connectivity index (χ2n) is 2.29. The number of nitriles is 1. The third-order valence-electron chi connectivity index (χ3n) is 1.27. The van der Waals surface area contributed by atoms with Crippen molar-refractivity contribution in [2.75, 3.05) is 0 Å². The summed E-state index contributed by atoms with van der Waals surface area (Å²) < 4.78 is 0. The molecule has 1 aromatic heterocycles. The van der Waals surface area contributed by atoms with Gasteiger partial charge in [0.2, 0.25) is 0 Å². The van der Waals surface area contributed by atoms with Crippen molar-refractivity contribution < 1.29 is 0 Å². The molecule has 58 valence electrons. The molecule has 1 heterocycles. The van der Waals surface area contributed by atoms with E-state index < -0.39 is 0 Å². The largest absolute Gasteiger partial charge is 0.323 e. The van der Waals surface area contributed by atoms with Gasteiger partial charge in [-0.2, -0.15) is 5.26 Å². The van der Waals surface area contributed by atoms with Crippen molar-refractivity contribution in [3.63, 3.8) is 0 Å². The van der Waals surface area contributed by atoms with Gasteiger partial charge in [0.05, 0.1) is 18.2 Å². The van der Waals surface area contributed by atoms with Crippen molar-refractivity contribution >= 4 is 11.3 Å². The molecular formula is C7H9N3S. The fraction of sp³-hybridized carbons (Fsp3) is 0.429. The Kier molecular flexibility index (Phi) is 2.58. The summed E-state index contributed by atoms with van der Waals surface area (Å²) in [5.74, 6) is 0. The van der Waals surface area contributed by atoms with Crippen LogP contribution in [0.5, 0.6) is 0 Å². The van der Waals surface area contributed by atoms with Crippen LogP contribution in [0.4, 0.5) is 0 Å². The molecule has 0 bridgehead atoms. The van der Waals surface area contributed by atoms with E-state index in [0.29, 0.717) is 6.42 Å². The lowest BCUT2D eigenvalue weighted by Crippen LogP contribution is -2.05. The number of nitrogens with two attached hydrogens (primary N) is 1. The third kappa shape index (κ3) is 2.00. The molecule has 0 aliphatic carbocycles. The number of hydrogen-bond donors (Lipinski definition) is 1. The Morgan fingerprint density at radius 2 is 2.64 bits per heavy atom. The van der Waals surface area contributed by atoms with Crippen LogP contribution in [0.2, 0.25) is 0 Å². The molecule has 4 heteroatoms. The van der Waals surface area contributed by atoms with E-state index in [9.17, 15) is 0 Å². The van der Waals surface area contributed by atoms with Crippen molar-refractivity contribution in [3.8, 4) is 6.07 Å². The minimum atomic E-state index is -0.0290. The summed E-state index contributed by atoms with van der Waals surface area (Å²) in [5, 5.41) is 11.1. The standard InChI is InChI=1S/C7H9N3S/c1-5(9)6-4-11-7(10-6)2-3-8/h4-5H,2,9H2,1H3. The summed E-state index contributed by atoms with van der Waals surface area (Å²) in [6.45, 7) is 1.88. The lowest BCUT2D eigenvalue weighted by atomic mass is 10.3. The van der Waals surface area contributed by atoms with Crippen LogP contribution in [0.15, 0.2) is 5.38 Å². The highest BCUT2D eigenvalue weighted by Gasteiger charge is 2.04. The third-order valence-corrected chi connectivity index (χ3v) is 2.13. The molecule has 0 amide bonds. The predicted octanol–water partition coefficient (Wildman–Crippen LogP) is 1.23. The summed E-state index contributed by atoms with van der Waals surface area (Å²) in [6, 6.07) is 2.01. The van der Waals surface area contributed by atoms with Crippen LogP contribution < -0.4 is 5.73 Å². The molecule has 1 aromatic rings. The molecule has 0 fully saturated rings. The summed E-state index contributed by atoms with van der Waals surface area (Å²) in [6.07, 6.45) is 0.386. The molecule has 1 unspecified atom stereocenters. The van der Waals surface area contributed by atoms with E-state index in [4.69, 9.17) is 11.0 Å². The number of aromatic nitrogens is 1. The Bertz CT molecular complexity index is 271. The van der Waals surface area contributed by atoms with Crippen molar-refractivity contribution in [3.05, 3.63) is 16.1 Å². The molecule has 0 aromatic carbocycles. The maximum atomic E-state index is 8.35. The van der Waals surface area contributed by atoms with E-state index >= 15 is 0 Å². The second kappa shape index (κ2) is 3.46. The van der Waals surface area contributed by atoms with Crippen LogP contribution in [-0.4, -0.2) is 4.98 Å². The van der Waals surface area contributed by atoms with Gasteiger partial charge in [-0.05, 0) is 6.92 Å². The molecule has 0 aliphatic rings. The Morgan fingerprint density at radius 1 is 1.91 bits per heavy atom. The van der Waals surface area contributed by atoms with Gasteiger partial charge < -0.3 is 5.73 Å².